The van der Waals surface area contributed by atoms with Crippen LogP contribution in [0.1, 0.15) is 0 Å². The minimum absolute atomic E-state index is 0.526. The van der Waals surface area contributed by atoms with E-state index < -0.39 is 0 Å². The summed E-state index contributed by atoms with van der Waals surface area (Å²) in [5.74, 6) is 1.12. The molecule has 0 aliphatic carbocycles. The van der Waals surface area contributed by atoms with Crippen LogP contribution in [-0.4, -0.2) is 24.1 Å². The van der Waals surface area contributed by atoms with Crippen molar-refractivity contribution in [1.29, 1.82) is 0 Å². The molecular weight excluding hydrogens is 282 g/mol. The van der Waals surface area contributed by atoms with Crippen LogP contribution in [0.2, 0.25) is 0 Å². The van der Waals surface area contributed by atoms with Gasteiger partial charge in [0.25, 0.3) is 0 Å². The SMILES string of the molecule is COc1nc(N(C)c2ccccc2)ncc1Br. The highest BCUT2D eigenvalue weighted by Crippen LogP contribution is 2.26. The maximum atomic E-state index is 5.15. The molecule has 1 heterocycles. The molecule has 0 unspecified atom stereocenters. The van der Waals surface area contributed by atoms with E-state index in [1.807, 2.05) is 42.3 Å². The van der Waals surface area contributed by atoms with Gasteiger partial charge in [0.15, 0.2) is 0 Å². The number of methoxy groups -OCH3 is 1. The molecule has 2 aromatic rings. The van der Waals surface area contributed by atoms with Gasteiger partial charge in [-0.3, -0.25) is 0 Å². The second-order valence-corrected chi connectivity index (χ2v) is 4.28. The van der Waals surface area contributed by atoms with E-state index in [4.69, 9.17) is 4.74 Å². The third-order valence-corrected chi connectivity index (χ3v) is 2.88. The Bertz CT molecular complexity index is 504. The fourth-order valence-corrected chi connectivity index (χ4v) is 1.77. The molecule has 0 amide bonds. The maximum absolute atomic E-state index is 5.15. The zero-order chi connectivity index (χ0) is 12.3. The third kappa shape index (κ3) is 2.55. The van der Waals surface area contributed by atoms with Crippen molar-refractivity contribution in [3.8, 4) is 5.88 Å². The number of rotatable bonds is 3. The highest BCUT2D eigenvalue weighted by atomic mass is 79.9. The van der Waals surface area contributed by atoms with E-state index in [0.29, 0.717) is 11.8 Å². The Kier molecular flexibility index (Phi) is 3.58. The van der Waals surface area contributed by atoms with Crippen molar-refractivity contribution >= 4 is 27.6 Å². The second-order valence-electron chi connectivity index (χ2n) is 3.42. The summed E-state index contributed by atoms with van der Waals surface area (Å²) in [5, 5.41) is 0. The van der Waals surface area contributed by atoms with Crippen LogP contribution in [-0.2, 0) is 0 Å². The van der Waals surface area contributed by atoms with Gasteiger partial charge in [0.2, 0.25) is 11.8 Å². The highest BCUT2D eigenvalue weighted by molar-refractivity contribution is 9.10. The molecule has 1 aromatic carbocycles. The van der Waals surface area contributed by atoms with Gasteiger partial charge in [-0.15, -0.1) is 0 Å². The molecule has 17 heavy (non-hydrogen) atoms. The summed E-state index contributed by atoms with van der Waals surface area (Å²) in [5.41, 5.74) is 1.02. The van der Waals surface area contributed by atoms with Crippen molar-refractivity contribution in [3.63, 3.8) is 0 Å². The predicted octanol–water partition coefficient (Wildman–Crippen LogP) is 3.02. The van der Waals surface area contributed by atoms with E-state index in [2.05, 4.69) is 25.9 Å². The van der Waals surface area contributed by atoms with Crippen LogP contribution in [0.4, 0.5) is 11.6 Å². The predicted molar refractivity (Wildman–Crippen MR) is 70.8 cm³/mol. The first-order valence-corrected chi connectivity index (χ1v) is 5.87. The number of aromatic nitrogens is 2. The number of halogens is 1. The lowest BCUT2D eigenvalue weighted by Crippen LogP contribution is -2.13. The lowest BCUT2D eigenvalue weighted by atomic mass is 10.3. The first-order valence-electron chi connectivity index (χ1n) is 5.07. The summed E-state index contributed by atoms with van der Waals surface area (Å²) in [4.78, 5) is 10.5. The molecule has 0 atom stereocenters. The van der Waals surface area contributed by atoms with Crippen molar-refractivity contribution in [1.82, 2.24) is 9.97 Å². The average molecular weight is 294 g/mol. The molecule has 0 aliphatic heterocycles. The minimum atomic E-state index is 0.526. The van der Waals surface area contributed by atoms with E-state index in [9.17, 15) is 0 Å². The molecule has 5 heteroatoms. The summed E-state index contributed by atoms with van der Waals surface area (Å²) in [6, 6.07) is 9.92. The van der Waals surface area contributed by atoms with Crippen molar-refractivity contribution < 1.29 is 4.74 Å². The Hall–Kier alpha value is -1.62. The Morgan fingerprint density at radius 1 is 1.24 bits per heavy atom. The first kappa shape index (κ1) is 11.9. The van der Waals surface area contributed by atoms with Crippen LogP contribution in [0.3, 0.4) is 0 Å². The number of nitrogens with zero attached hydrogens (tertiary/aromatic N) is 3. The monoisotopic (exact) mass is 293 g/mol. The number of anilines is 2. The van der Waals surface area contributed by atoms with Gasteiger partial charge < -0.3 is 9.64 Å². The molecule has 4 nitrogen and oxygen atoms in total. The summed E-state index contributed by atoms with van der Waals surface area (Å²) in [6.07, 6.45) is 1.68. The zero-order valence-corrected chi connectivity index (χ0v) is 11.2. The summed E-state index contributed by atoms with van der Waals surface area (Å²) in [6.45, 7) is 0. The lowest BCUT2D eigenvalue weighted by molar-refractivity contribution is 0.394. The molecule has 2 rings (SSSR count). The fraction of sp³-hybridized carbons (Fsp3) is 0.167. The van der Waals surface area contributed by atoms with Crippen LogP contribution in [0.15, 0.2) is 41.0 Å². The van der Waals surface area contributed by atoms with E-state index in [0.717, 1.165) is 10.2 Å². The Morgan fingerprint density at radius 3 is 2.59 bits per heavy atom. The van der Waals surface area contributed by atoms with Gasteiger partial charge in [0.05, 0.1) is 17.8 Å². The molecule has 88 valence electrons. The topological polar surface area (TPSA) is 38.2 Å². The summed E-state index contributed by atoms with van der Waals surface area (Å²) in [7, 11) is 3.50. The smallest absolute Gasteiger partial charge is 0.232 e. The first-order chi connectivity index (χ1) is 8.22. The number of hydrogen-bond donors (Lipinski definition) is 0. The van der Waals surface area contributed by atoms with Gasteiger partial charge in [0, 0.05) is 12.7 Å². The molecule has 0 bridgehead atoms. The fourth-order valence-electron chi connectivity index (χ4n) is 1.41. The molecule has 0 N–H and O–H groups in total. The molecule has 0 saturated carbocycles. The standard InChI is InChI=1S/C12H12BrN3O/c1-16(9-6-4-3-5-7-9)12-14-8-10(13)11(15-12)17-2/h3-8H,1-2H3. The number of hydrogen-bond acceptors (Lipinski definition) is 4. The summed E-state index contributed by atoms with van der Waals surface area (Å²) < 4.78 is 5.89. The molecule has 0 aliphatic rings. The van der Waals surface area contributed by atoms with Gasteiger partial charge in [-0.05, 0) is 28.1 Å². The van der Waals surface area contributed by atoms with Gasteiger partial charge in [0.1, 0.15) is 0 Å². The van der Waals surface area contributed by atoms with Gasteiger partial charge in [-0.1, -0.05) is 18.2 Å². The zero-order valence-electron chi connectivity index (χ0n) is 9.59. The van der Waals surface area contributed by atoms with Gasteiger partial charge in [-0.2, -0.15) is 4.98 Å². The highest BCUT2D eigenvalue weighted by Gasteiger charge is 2.10. The van der Waals surface area contributed by atoms with E-state index in [-0.39, 0.29) is 0 Å². The van der Waals surface area contributed by atoms with E-state index >= 15 is 0 Å². The normalized spacial score (nSPS) is 10.1. The van der Waals surface area contributed by atoms with Crippen molar-refractivity contribution in [3.05, 3.63) is 41.0 Å². The van der Waals surface area contributed by atoms with Crippen molar-refractivity contribution in [2.24, 2.45) is 0 Å². The Morgan fingerprint density at radius 2 is 1.94 bits per heavy atom. The van der Waals surface area contributed by atoms with Crippen molar-refractivity contribution in [2.45, 2.75) is 0 Å². The molecular formula is C12H12BrN3O. The van der Waals surface area contributed by atoms with Crippen LogP contribution >= 0.6 is 15.9 Å². The average Bonchev–Trinajstić information content (AvgIpc) is 2.39. The quantitative estimate of drug-likeness (QED) is 0.872. The van der Waals surface area contributed by atoms with Crippen LogP contribution < -0.4 is 9.64 Å². The Balaban J connectivity index is 2.34. The third-order valence-electron chi connectivity index (χ3n) is 2.34. The molecule has 0 spiro atoms. The van der Waals surface area contributed by atoms with Gasteiger partial charge in [-0.25, -0.2) is 4.98 Å². The van der Waals surface area contributed by atoms with E-state index in [1.165, 1.54) is 0 Å². The van der Waals surface area contributed by atoms with E-state index in [1.54, 1.807) is 13.3 Å². The van der Waals surface area contributed by atoms with Crippen LogP contribution in [0.25, 0.3) is 0 Å². The molecule has 0 saturated heterocycles. The summed E-state index contributed by atoms with van der Waals surface area (Å²) >= 11 is 3.33. The Labute approximate surface area is 108 Å². The molecule has 0 fully saturated rings. The maximum Gasteiger partial charge on any atom is 0.232 e. The molecule has 0 radical (unpaired) electrons. The lowest BCUT2D eigenvalue weighted by Gasteiger charge is -2.17. The molecule has 1 aromatic heterocycles. The van der Waals surface area contributed by atoms with Crippen LogP contribution in [0, 0.1) is 0 Å². The number of benzene rings is 1. The van der Waals surface area contributed by atoms with Gasteiger partial charge >= 0.3 is 0 Å². The number of para-hydroxylation sites is 1. The van der Waals surface area contributed by atoms with Crippen molar-refractivity contribution in [2.75, 3.05) is 19.1 Å². The minimum Gasteiger partial charge on any atom is -0.480 e. The van der Waals surface area contributed by atoms with Crippen LogP contribution in [0.5, 0.6) is 5.88 Å². The second kappa shape index (κ2) is 5.14. The number of ether oxygens (including phenoxy) is 1. The largest absolute Gasteiger partial charge is 0.480 e.